The first-order valence-corrected chi connectivity index (χ1v) is 8.92. The van der Waals surface area contributed by atoms with Crippen molar-refractivity contribution < 1.29 is 9.53 Å². The highest BCUT2D eigenvalue weighted by molar-refractivity contribution is 6.00. The number of primary amides is 1. The lowest BCUT2D eigenvalue weighted by molar-refractivity contribution is 0.0741. The zero-order valence-electron chi connectivity index (χ0n) is 16.5. The van der Waals surface area contributed by atoms with Crippen LogP contribution in [0.1, 0.15) is 29.8 Å². The van der Waals surface area contributed by atoms with Crippen LogP contribution in [-0.2, 0) is 11.8 Å². The van der Waals surface area contributed by atoms with E-state index in [4.69, 9.17) is 10.5 Å². The Balaban J connectivity index is 2.22. The van der Waals surface area contributed by atoms with E-state index >= 15 is 0 Å². The van der Waals surface area contributed by atoms with Crippen molar-refractivity contribution in [3.05, 3.63) is 65.9 Å². The van der Waals surface area contributed by atoms with Crippen molar-refractivity contribution in [2.75, 3.05) is 7.11 Å². The summed E-state index contributed by atoms with van der Waals surface area (Å²) in [6, 6.07) is 15.8. The molecule has 0 saturated carbocycles. The highest BCUT2D eigenvalue weighted by Crippen LogP contribution is 2.33. The second-order valence-corrected chi connectivity index (χ2v) is 7.02. The molecule has 2 aromatic carbocycles. The van der Waals surface area contributed by atoms with Gasteiger partial charge in [-0.25, -0.2) is 0 Å². The number of carbonyl (C=O) groups excluding carboxylic acids is 1. The summed E-state index contributed by atoms with van der Waals surface area (Å²) >= 11 is 0. The van der Waals surface area contributed by atoms with E-state index in [9.17, 15) is 4.79 Å². The van der Waals surface area contributed by atoms with Crippen LogP contribution in [0.2, 0.25) is 0 Å². The van der Waals surface area contributed by atoms with E-state index in [1.54, 1.807) is 25.0 Å². The Hall–Kier alpha value is -3.36. The number of amides is 1. The van der Waals surface area contributed by atoms with Crippen LogP contribution in [0.3, 0.4) is 0 Å². The third-order valence-electron chi connectivity index (χ3n) is 4.47. The number of nitrogens with zero attached hydrogens (tertiary/aromatic N) is 2. The van der Waals surface area contributed by atoms with Crippen LogP contribution < -0.4 is 5.73 Å². The van der Waals surface area contributed by atoms with E-state index in [1.807, 2.05) is 62.4 Å². The number of hydrogen-bond acceptors (Lipinski definition) is 3. The molecular weight excluding hydrogens is 350 g/mol. The van der Waals surface area contributed by atoms with Gasteiger partial charge in [0.05, 0.1) is 5.56 Å². The molecule has 2 N–H and O–H groups in total. The Labute approximate surface area is 165 Å². The van der Waals surface area contributed by atoms with Crippen LogP contribution in [0.15, 0.2) is 54.7 Å². The van der Waals surface area contributed by atoms with Crippen molar-refractivity contribution in [2.24, 2.45) is 12.8 Å². The van der Waals surface area contributed by atoms with E-state index in [0.717, 1.165) is 22.3 Å². The topological polar surface area (TPSA) is 70.1 Å². The molecule has 0 radical (unpaired) electrons. The van der Waals surface area contributed by atoms with E-state index in [0.29, 0.717) is 11.3 Å². The van der Waals surface area contributed by atoms with Gasteiger partial charge in [-0.1, -0.05) is 48.2 Å². The van der Waals surface area contributed by atoms with Crippen molar-refractivity contribution in [3.8, 4) is 34.2 Å². The SMILES string of the molecule is COC(C)(C)C#Cc1ccc(-c2ccccc2)c(-c2nn(C)cc2C(N)=O)c1. The van der Waals surface area contributed by atoms with Crippen molar-refractivity contribution in [2.45, 2.75) is 19.4 Å². The van der Waals surface area contributed by atoms with Gasteiger partial charge < -0.3 is 10.5 Å². The summed E-state index contributed by atoms with van der Waals surface area (Å²) in [7, 11) is 3.40. The van der Waals surface area contributed by atoms with E-state index in [-0.39, 0.29) is 0 Å². The molecule has 1 amide bonds. The highest BCUT2D eigenvalue weighted by Gasteiger charge is 2.19. The zero-order valence-corrected chi connectivity index (χ0v) is 16.5. The Morgan fingerprint density at radius 2 is 1.86 bits per heavy atom. The number of rotatable bonds is 4. The fourth-order valence-electron chi connectivity index (χ4n) is 2.83. The second-order valence-electron chi connectivity index (χ2n) is 7.02. The molecule has 5 heteroatoms. The third kappa shape index (κ3) is 4.13. The minimum Gasteiger partial charge on any atom is -0.366 e. The maximum Gasteiger partial charge on any atom is 0.252 e. The zero-order chi connectivity index (χ0) is 20.3. The van der Waals surface area contributed by atoms with Crippen molar-refractivity contribution in [1.29, 1.82) is 0 Å². The number of hydrogen-bond donors (Lipinski definition) is 1. The van der Waals surface area contributed by atoms with Gasteiger partial charge in [-0.2, -0.15) is 5.10 Å². The average molecular weight is 373 g/mol. The molecule has 0 fully saturated rings. The van der Waals surface area contributed by atoms with Crippen LogP contribution in [0.4, 0.5) is 0 Å². The number of ether oxygens (including phenoxy) is 1. The molecule has 142 valence electrons. The summed E-state index contributed by atoms with van der Waals surface area (Å²) in [5.74, 6) is 5.76. The van der Waals surface area contributed by atoms with Crippen LogP contribution in [0, 0.1) is 11.8 Å². The summed E-state index contributed by atoms with van der Waals surface area (Å²) in [5, 5.41) is 4.50. The predicted octanol–water partition coefficient (Wildman–Crippen LogP) is 3.63. The first-order chi connectivity index (χ1) is 13.3. The maximum atomic E-state index is 12.0. The Bertz CT molecular complexity index is 1070. The average Bonchev–Trinajstić information content (AvgIpc) is 3.09. The predicted molar refractivity (Wildman–Crippen MR) is 111 cm³/mol. The van der Waals surface area contributed by atoms with Gasteiger partial charge in [0.2, 0.25) is 0 Å². The molecule has 0 atom stereocenters. The summed E-state index contributed by atoms with van der Waals surface area (Å²) < 4.78 is 6.96. The fourth-order valence-corrected chi connectivity index (χ4v) is 2.83. The molecule has 0 aliphatic carbocycles. The van der Waals surface area contributed by atoms with Gasteiger partial charge in [0, 0.05) is 31.5 Å². The summed E-state index contributed by atoms with van der Waals surface area (Å²) in [6.07, 6.45) is 1.64. The summed E-state index contributed by atoms with van der Waals surface area (Å²) in [6.45, 7) is 3.81. The molecule has 28 heavy (non-hydrogen) atoms. The third-order valence-corrected chi connectivity index (χ3v) is 4.47. The van der Waals surface area contributed by atoms with Crippen molar-refractivity contribution >= 4 is 5.91 Å². The van der Waals surface area contributed by atoms with Gasteiger partial charge in [-0.3, -0.25) is 9.48 Å². The van der Waals surface area contributed by atoms with E-state index < -0.39 is 11.5 Å². The number of methoxy groups -OCH3 is 1. The Morgan fingerprint density at radius 1 is 1.14 bits per heavy atom. The van der Waals surface area contributed by atoms with Crippen LogP contribution in [0.5, 0.6) is 0 Å². The van der Waals surface area contributed by atoms with Crippen LogP contribution in [-0.4, -0.2) is 28.4 Å². The lowest BCUT2D eigenvalue weighted by atomic mass is 9.94. The molecule has 0 spiro atoms. The van der Waals surface area contributed by atoms with Crippen molar-refractivity contribution in [3.63, 3.8) is 0 Å². The number of benzene rings is 2. The van der Waals surface area contributed by atoms with Gasteiger partial charge in [0.25, 0.3) is 5.91 Å². The smallest absolute Gasteiger partial charge is 0.252 e. The monoisotopic (exact) mass is 373 g/mol. The number of nitrogens with two attached hydrogens (primary N) is 1. The molecule has 0 bridgehead atoms. The molecule has 1 heterocycles. The lowest BCUT2D eigenvalue weighted by Gasteiger charge is -2.14. The van der Waals surface area contributed by atoms with Crippen LogP contribution >= 0.6 is 0 Å². The molecule has 5 nitrogen and oxygen atoms in total. The molecular formula is C23H23N3O2. The molecule has 1 aromatic heterocycles. The van der Waals surface area contributed by atoms with Gasteiger partial charge in [0.1, 0.15) is 11.3 Å². The summed E-state index contributed by atoms with van der Waals surface area (Å²) in [4.78, 5) is 12.0. The lowest BCUT2D eigenvalue weighted by Crippen LogP contribution is -2.19. The normalized spacial score (nSPS) is 11.0. The second kappa shape index (κ2) is 7.71. The van der Waals surface area contributed by atoms with Crippen LogP contribution in [0.25, 0.3) is 22.4 Å². The standard InChI is InChI=1S/C23H23N3O2/c1-23(2,28-4)13-12-16-10-11-18(17-8-6-5-7-9-17)19(14-16)21-20(22(24)27)15-26(3)25-21/h5-11,14-15H,1-4H3,(H2,24,27). The van der Waals surface area contributed by atoms with E-state index in [2.05, 4.69) is 16.9 Å². The molecule has 0 aliphatic heterocycles. The minimum absolute atomic E-state index is 0.377. The maximum absolute atomic E-state index is 12.0. The highest BCUT2D eigenvalue weighted by atomic mass is 16.5. The quantitative estimate of drug-likeness (QED) is 0.710. The first-order valence-electron chi connectivity index (χ1n) is 8.92. The molecule has 3 aromatic rings. The van der Waals surface area contributed by atoms with Gasteiger partial charge >= 0.3 is 0 Å². The van der Waals surface area contributed by atoms with E-state index in [1.165, 1.54) is 0 Å². The number of aryl methyl sites for hydroxylation is 1. The Morgan fingerprint density at radius 3 is 2.50 bits per heavy atom. The van der Waals surface area contributed by atoms with Gasteiger partial charge in [-0.05, 0) is 37.1 Å². The van der Waals surface area contributed by atoms with Crippen molar-refractivity contribution in [1.82, 2.24) is 9.78 Å². The number of aromatic nitrogens is 2. The minimum atomic E-state index is -0.554. The fraction of sp³-hybridized carbons (Fsp3) is 0.217. The molecule has 0 saturated heterocycles. The summed E-state index contributed by atoms with van der Waals surface area (Å²) in [5.41, 5.74) is 9.55. The molecule has 3 rings (SSSR count). The van der Waals surface area contributed by atoms with Gasteiger partial charge in [-0.15, -0.1) is 0 Å². The first kappa shape index (κ1) is 19.4. The molecule has 0 aliphatic rings. The molecule has 0 unspecified atom stereocenters. The Kier molecular flexibility index (Phi) is 5.34. The van der Waals surface area contributed by atoms with Gasteiger partial charge in [0.15, 0.2) is 0 Å². The largest absolute Gasteiger partial charge is 0.366 e. The number of carbonyl (C=O) groups is 1.